The quantitative estimate of drug-likeness (QED) is 0.884. The van der Waals surface area contributed by atoms with Gasteiger partial charge in [0.15, 0.2) is 0 Å². The fourth-order valence-corrected chi connectivity index (χ4v) is 1.77. The van der Waals surface area contributed by atoms with Crippen LogP contribution in [0.1, 0.15) is 20.7 Å². The van der Waals surface area contributed by atoms with Gasteiger partial charge in [0.1, 0.15) is 17.3 Å². The van der Waals surface area contributed by atoms with E-state index in [1.165, 1.54) is 31.4 Å². The topological polar surface area (TPSA) is 55.4 Å². The van der Waals surface area contributed by atoms with Crippen LogP contribution in [-0.4, -0.2) is 19.0 Å². The molecule has 0 fully saturated rings. The minimum absolute atomic E-state index is 0.00856. The number of ether oxygens (including phenoxy) is 1. The van der Waals surface area contributed by atoms with Crippen LogP contribution in [0.4, 0.5) is 14.5 Å². The van der Waals surface area contributed by atoms with E-state index in [1.54, 1.807) is 6.07 Å². The number of halogens is 2. The molecule has 0 aliphatic heterocycles. The molecule has 0 aromatic heterocycles. The standard InChI is InChI=1S/C15H11F2NO3/c1-21-15(20)10-6-3-2-5-9(10)14(19)18-13-11(16)7-4-8-12(13)17/h2-8H,1H3,(H,18,19). The number of amides is 1. The Bertz CT molecular complexity index is 681. The highest BCUT2D eigenvalue weighted by Gasteiger charge is 2.19. The van der Waals surface area contributed by atoms with Gasteiger partial charge in [-0.2, -0.15) is 0 Å². The average Bonchev–Trinajstić information content (AvgIpc) is 2.50. The summed E-state index contributed by atoms with van der Waals surface area (Å²) in [6.45, 7) is 0. The highest BCUT2D eigenvalue weighted by Crippen LogP contribution is 2.20. The number of rotatable bonds is 3. The Morgan fingerprint density at radius 1 is 0.952 bits per heavy atom. The van der Waals surface area contributed by atoms with E-state index in [2.05, 4.69) is 10.1 Å². The number of nitrogens with one attached hydrogen (secondary N) is 1. The zero-order valence-electron chi connectivity index (χ0n) is 11.0. The van der Waals surface area contributed by atoms with Crippen LogP contribution in [0.25, 0.3) is 0 Å². The first-order valence-electron chi connectivity index (χ1n) is 5.97. The van der Waals surface area contributed by atoms with Gasteiger partial charge in [0.05, 0.1) is 18.2 Å². The van der Waals surface area contributed by atoms with E-state index in [-0.39, 0.29) is 11.1 Å². The molecule has 2 aromatic rings. The summed E-state index contributed by atoms with van der Waals surface area (Å²) in [5.41, 5.74) is -0.594. The summed E-state index contributed by atoms with van der Waals surface area (Å²) in [7, 11) is 1.17. The van der Waals surface area contributed by atoms with E-state index in [9.17, 15) is 18.4 Å². The molecule has 0 bridgehead atoms. The van der Waals surface area contributed by atoms with Crippen molar-refractivity contribution in [3.8, 4) is 0 Å². The summed E-state index contributed by atoms with van der Waals surface area (Å²) in [5, 5.41) is 2.12. The van der Waals surface area contributed by atoms with E-state index in [1.807, 2.05) is 0 Å². The highest BCUT2D eigenvalue weighted by atomic mass is 19.1. The average molecular weight is 291 g/mol. The normalized spacial score (nSPS) is 10.0. The number of esters is 1. The van der Waals surface area contributed by atoms with E-state index < -0.39 is 29.2 Å². The molecule has 21 heavy (non-hydrogen) atoms. The molecule has 0 aliphatic rings. The second kappa shape index (κ2) is 6.13. The number of benzene rings is 2. The van der Waals surface area contributed by atoms with Gasteiger partial charge in [0.25, 0.3) is 5.91 Å². The van der Waals surface area contributed by atoms with Crippen molar-refractivity contribution in [1.82, 2.24) is 0 Å². The van der Waals surface area contributed by atoms with Crippen molar-refractivity contribution in [3.05, 3.63) is 65.2 Å². The first-order valence-corrected chi connectivity index (χ1v) is 5.97. The van der Waals surface area contributed by atoms with Crippen LogP contribution >= 0.6 is 0 Å². The Morgan fingerprint density at radius 2 is 1.52 bits per heavy atom. The molecule has 2 rings (SSSR count). The third-order valence-corrected chi connectivity index (χ3v) is 2.78. The Labute approximate surface area is 119 Å². The fraction of sp³-hybridized carbons (Fsp3) is 0.0667. The summed E-state index contributed by atoms with van der Waals surface area (Å²) in [4.78, 5) is 23.7. The fourth-order valence-electron chi connectivity index (χ4n) is 1.77. The van der Waals surface area contributed by atoms with E-state index in [0.29, 0.717) is 0 Å². The van der Waals surface area contributed by atoms with Gasteiger partial charge in [0, 0.05) is 0 Å². The smallest absolute Gasteiger partial charge is 0.338 e. The zero-order valence-corrected chi connectivity index (χ0v) is 11.0. The van der Waals surface area contributed by atoms with Gasteiger partial charge < -0.3 is 10.1 Å². The van der Waals surface area contributed by atoms with Crippen LogP contribution in [0.5, 0.6) is 0 Å². The number of methoxy groups -OCH3 is 1. The number of para-hydroxylation sites is 1. The van der Waals surface area contributed by atoms with Crippen LogP contribution in [0.2, 0.25) is 0 Å². The van der Waals surface area contributed by atoms with Gasteiger partial charge in [-0.3, -0.25) is 4.79 Å². The lowest BCUT2D eigenvalue weighted by atomic mass is 10.1. The van der Waals surface area contributed by atoms with Gasteiger partial charge in [-0.05, 0) is 24.3 Å². The lowest BCUT2D eigenvalue weighted by molar-refractivity contribution is 0.0597. The number of carbonyl (C=O) groups excluding carboxylic acids is 2. The summed E-state index contributed by atoms with van der Waals surface area (Å²) in [6.07, 6.45) is 0. The molecule has 0 spiro atoms. The van der Waals surface area contributed by atoms with Crippen LogP contribution in [-0.2, 0) is 4.74 Å². The monoisotopic (exact) mass is 291 g/mol. The van der Waals surface area contributed by atoms with Crippen molar-refractivity contribution in [1.29, 1.82) is 0 Å². The summed E-state index contributed by atoms with van der Waals surface area (Å²) < 4.78 is 31.6. The van der Waals surface area contributed by atoms with Crippen molar-refractivity contribution >= 4 is 17.6 Å². The number of carbonyl (C=O) groups is 2. The predicted molar refractivity (Wildman–Crippen MR) is 72.1 cm³/mol. The Morgan fingerprint density at radius 3 is 2.10 bits per heavy atom. The van der Waals surface area contributed by atoms with Crippen molar-refractivity contribution in [2.75, 3.05) is 12.4 Å². The summed E-state index contributed by atoms with van der Waals surface area (Å²) in [5.74, 6) is -3.33. The SMILES string of the molecule is COC(=O)c1ccccc1C(=O)Nc1c(F)cccc1F. The number of hydrogen-bond donors (Lipinski definition) is 1. The van der Waals surface area contributed by atoms with E-state index >= 15 is 0 Å². The van der Waals surface area contributed by atoms with Crippen molar-refractivity contribution < 1.29 is 23.1 Å². The third-order valence-electron chi connectivity index (χ3n) is 2.78. The first kappa shape index (κ1) is 14.6. The molecule has 0 radical (unpaired) electrons. The van der Waals surface area contributed by atoms with Gasteiger partial charge in [0.2, 0.25) is 0 Å². The molecule has 0 atom stereocenters. The Kier molecular flexibility index (Phi) is 4.27. The molecule has 1 amide bonds. The molecular weight excluding hydrogens is 280 g/mol. The summed E-state index contributed by atoms with van der Waals surface area (Å²) >= 11 is 0. The Hall–Kier alpha value is -2.76. The number of hydrogen-bond acceptors (Lipinski definition) is 3. The molecule has 108 valence electrons. The van der Waals surface area contributed by atoms with Gasteiger partial charge >= 0.3 is 5.97 Å². The Balaban J connectivity index is 2.36. The van der Waals surface area contributed by atoms with Crippen LogP contribution in [0.15, 0.2) is 42.5 Å². The maximum atomic E-state index is 13.5. The molecular formula is C15H11F2NO3. The predicted octanol–water partition coefficient (Wildman–Crippen LogP) is 3.00. The van der Waals surface area contributed by atoms with Crippen molar-refractivity contribution in [2.45, 2.75) is 0 Å². The van der Waals surface area contributed by atoms with Crippen LogP contribution < -0.4 is 5.32 Å². The maximum absolute atomic E-state index is 13.5. The molecule has 4 nitrogen and oxygen atoms in total. The largest absolute Gasteiger partial charge is 0.465 e. The molecule has 0 heterocycles. The molecule has 1 N–H and O–H groups in total. The molecule has 0 unspecified atom stereocenters. The third kappa shape index (κ3) is 3.05. The van der Waals surface area contributed by atoms with E-state index in [4.69, 9.17) is 0 Å². The molecule has 0 saturated heterocycles. The maximum Gasteiger partial charge on any atom is 0.338 e. The second-order valence-electron chi connectivity index (χ2n) is 4.09. The lowest BCUT2D eigenvalue weighted by Gasteiger charge is -2.10. The first-order chi connectivity index (χ1) is 10.0. The van der Waals surface area contributed by atoms with Crippen molar-refractivity contribution in [3.63, 3.8) is 0 Å². The van der Waals surface area contributed by atoms with E-state index in [0.717, 1.165) is 12.1 Å². The molecule has 6 heteroatoms. The van der Waals surface area contributed by atoms with Crippen LogP contribution in [0, 0.1) is 11.6 Å². The van der Waals surface area contributed by atoms with Gasteiger partial charge in [-0.25, -0.2) is 13.6 Å². The van der Waals surface area contributed by atoms with Crippen LogP contribution in [0.3, 0.4) is 0 Å². The lowest BCUT2D eigenvalue weighted by Crippen LogP contribution is -2.18. The molecule has 2 aromatic carbocycles. The molecule has 0 saturated carbocycles. The van der Waals surface area contributed by atoms with Gasteiger partial charge in [-0.1, -0.05) is 18.2 Å². The highest BCUT2D eigenvalue weighted by molar-refractivity contribution is 6.11. The zero-order chi connectivity index (χ0) is 15.4. The molecule has 0 aliphatic carbocycles. The van der Waals surface area contributed by atoms with Gasteiger partial charge in [-0.15, -0.1) is 0 Å². The minimum atomic E-state index is -0.904. The summed E-state index contributed by atoms with van der Waals surface area (Å²) in [6, 6.07) is 9.04. The minimum Gasteiger partial charge on any atom is -0.465 e. The number of anilines is 1. The van der Waals surface area contributed by atoms with Crippen molar-refractivity contribution in [2.24, 2.45) is 0 Å². The second-order valence-corrected chi connectivity index (χ2v) is 4.09.